The van der Waals surface area contributed by atoms with Crippen molar-refractivity contribution in [3.63, 3.8) is 0 Å². The average Bonchev–Trinajstić information content (AvgIpc) is 3.45. The van der Waals surface area contributed by atoms with E-state index in [2.05, 4.69) is 20.2 Å². The number of furan rings is 1. The Labute approximate surface area is 166 Å². The molecule has 4 heterocycles. The number of hydrogen-bond donors (Lipinski definition) is 0. The second-order valence-corrected chi connectivity index (χ2v) is 6.59. The van der Waals surface area contributed by atoms with E-state index in [9.17, 15) is 13.2 Å². The van der Waals surface area contributed by atoms with Crippen LogP contribution in [0.2, 0.25) is 0 Å². The van der Waals surface area contributed by atoms with Gasteiger partial charge in [0.25, 0.3) is 5.89 Å². The van der Waals surface area contributed by atoms with E-state index in [4.69, 9.17) is 8.94 Å². The molecule has 5 rings (SSSR count). The fraction of sp³-hybridized carbons (Fsp3) is 0.100. The number of hydrogen-bond acceptors (Lipinski definition) is 6. The second-order valence-electron chi connectivity index (χ2n) is 6.59. The smallest absolute Gasteiger partial charge is 0.433 e. The van der Waals surface area contributed by atoms with Gasteiger partial charge in [-0.25, -0.2) is 9.50 Å². The van der Waals surface area contributed by atoms with Crippen molar-refractivity contribution in [2.24, 2.45) is 0 Å². The Kier molecular flexibility index (Phi) is 3.95. The van der Waals surface area contributed by atoms with Crippen molar-refractivity contribution in [1.82, 2.24) is 24.7 Å². The number of fused-ring (bicyclic) bond motifs is 1. The van der Waals surface area contributed by atoms with Crippen LogP contribution in [0.1, 0.15) is 11.3 Å². The van der Waals surface area contributed by atoms with Crippen LogP contribution in [0.4, 0.5) is 13.2 Å². The molecule has 0 aliphatic carbocycles. The number of aryl methyl sites for hydroxylation is 1. The van der Waals surface area contributed by atoms with Crippen molar-refractivity contribution in [3.8, 4) is 34.4 Å². The van der Waals surface area contributed by atoms with Crippen LogP contribution in [0.15, 0.2) is 63.7 Å². The highest BCUT2D eigenvalue weighted by Gasteiger charge is 2.36. The molecule has 150 valence electrons. The zero-order chi connectivity index (χ0) is 20.9. The lowest BCUT2D eigenvalue weighted by Crippen LogP contribution is -2.13. The highest BCUT2D eigenvalue weighted by atomic mass is 19.4. The maximum absolute atomic E-state index is 13.6. The molecule has 0 bridgehead atoms. The van der Waals surface area contributed by atoms with Gasteiger partial charge in [-0.15, -0.1) is 0 Å². The lowest BCUT2D eigenvalue weighted by Gasteiger charge is -2.09. The molecule has 5 aromatic rings. The fourth-order valence-electron chi connectivity index (χ4n) is 2.98. The summed E-state index contributed by atoms with van der Waals surface area (Å²) in [6.45, 7) is 1.95. The first kappa shape index (κ1) is 18.1. The zero-order valence-electron chi connectivity index (χ0n) is 15.4. The van der Waals surface area contributed by atoms with Crippen LogP contribution in [0.3, 0.4) is 0 Å². The molecule has 0 saturated heterocycles. The van der Waals surface area contributed by atoms with Gasteiger partial charge in [0, 0.05) is 11.6 Å². The summed E-state index contributed by atoms with van der Waals surface area (Å²) in [5, 5.41) is 7.90. The number of aromatic nitrogens is 5. The number of benzene rings is 1. The van der Waals surface area contributed by atoms with Crippen molar-refractivity contribution in [3.05, 3.63) is 66.1 Å². The van der Waals surface area contributed by atoms with Crippen molar-refractivity contribution in [2.75, 3.05) is 0 Å². The monoisotopic (exact) mass is 411 g/mol. The van der Waals surface area contributed by atoms with E-state index in [0.717, 1.165) is 11.6 Å². The van der Waals surface area contributed by atoms with Crippen molar-refractivity contribution >= 4 is 5.65 Å². The Morgan fingerprint density at radius 2 is 1.77 bits per heavy atom. The minimum absolute atomic E-state index is 0.0104. The Morgan fingerprint density at radius 1 is 0.967 bits per heavy atom. The first-order valence-corrected chi connectivity index (χ1v) is 8.81. The molecule has 0 aliphatic heterocycles. The van der Waals surface area contributed by atoms with Gasteiger partial charge in [0.05, 0.1) is 6.26 Å². The van der Waals surface area contributed by atoms with Crippen LogP contribution in [0.5, 0.6) is 0 Å². The Balaban J connectivity index is 1.62. The van der Waals surface area contributed by atoms with Gasteiger partial charge in [0.15, 0.2) is 22.8 Å². The van der Waals surface area contributed by atoms with Crippen LogP contribution < -0.4 is 0 Å². The summed E-state index contributed by atoms with van der Waals surface area (Å²) in [6, 6.07) is 12.8. The van der Waals surface area contributed by atoms with E-state index in [-0.39, 0.29) is 28.7 Å². The van der Waals surface area contributed by atoms with Gasteiger partial charge >= 0.3 is 6.18 Å². The van der Waals surface area contributed by atoms with Gasteiger partial charge in [-0.3, -0.25) is 0 Å². The molecule has 0 spiro atoms. The number of rotatable bonds is 3. The lowest BCUT2D eigenvalue weighted by atomic mass is 10.1. The summed E-state index contributed by atoms with van der Waals surface area (Å²) in [5.41, 5.74) is 0.881. The standard InChI is InChI=1S/C20H12F3N5O2/c1-11-4-6-12(7-5-11)18-25-19(30-27-18)14-10-17-24-13(15-3-2-8-29-15)9-16(20(21,22)23)28(17)26-14/h2-10H,1H3. The third-order valence-electron chi connectivity index (χ3n) is 4.45. The molecule has 4 aromatic heterocycles. The summed E-state index contributed by atoms with van der Waals surface area (Å²) in [6.07, 6.45) is -3.30. The first-order valence-electron chi connectivity index (χ1n) is 8.81. The molecule has 0 radical (unpaired) electrons. The van der Waals surface area contributed by atoms with Gasteiger partial charge in [-0.1, -0.05) is 35.0 Å². The van der Waals surface area contributed by atoms with Crippen LogP contribution in [0.25, 0.3) is 40.1 Å². The predicted octanol–water partition coefficient (Wildman–Crippen LogP) is 5.03. The molecule has 0 N–H and O–H groups in total. The number of nitrogens with zero attached hydrogens (tertiary/aromatic N) is 5. The van der Waals surface area contributed by atoms with E-state index >= 15 is 0 Å². The quantitative estimate of drug-likeness (QED) is 0.414. The van der Waals surface area contributed by atoms with E-state index in [1.165, 1.54) is 18.4 Å². The Hall–Kier alpha value is -3.95. The van der Waals surface area contributed by atoms with Gasteiger partial charge in [-0.05, 0) is 25.1 Å². The van der Waals surface area contributed by atoms with Crippen LogP contribution >= 0.6 is 0 Å². The summed E-state index contributed by atoms with van der Waals surface area (Å²) in [7, 11) is 0. The molecule has 0 fully saturated rings. The molecule has 0 saturated carbocycles. The normalized spacial score (nSPS) is 12.0. The second kappa shape index (κ2) is 6.55. The molecule has 0 atom stereocenters. The third kappa shape index (κ3) is 3.11. The number of alkyl halides is 3. The molecule has 10 heteroatoms. The van der Waals surface area contributed by atoms with Crippen LogP contribution in [0, 0.1) is 6.92 Å². The molecule has 30 heavy (non-hydrogen) atoms. The SMILES string of the molecule is Cc1ccc(-c2noc(-c3cc4nc(-c5ccco5)cc(C(F)(F)F)n4n3)n2)cc1. The Bertz CT molecular complexity index is 1340. The van der Waals surface area contributed by atoms with E-state index in [1.807, 2.05) is 31.2 Å². The molecular formula is C20H12F3N5O2. The maximum Gasteiger partial charge on any atom is 0.433 e. The summed E-state index contributed by atoms with van der Waals surface area (Å²) in [4.78, 5) is 8.49. The third-order valence-corrected chi connectivity index (χ3v) is 4.45. The minimum Gasteiger partial charge on any atom is -0.463 e. The highest BCUT2D eigenvalue weighted by molar-refractivity contribution is 5.64. The lowest BCUT2D eigenvalue weighted by molar-refractivity contribution is -0.142. The van der Waals surface area contributed by atoms with Gasteiger partial charge in [0.2, 0.25) is 5.82 Å². The van der Waals surface area contributed by atoms with Crippen molar-refractivity contribution in [2.45, 2.75) is 13.1 Å². The maximum atomic E-state index is 13.6. The minimum atomic E-state index is -4.66. The largest absolute Gasteiger partial charge is 0.463 e. The molecule has 7 nitrogen and oxygen atoms in total. The molecule has 1 aromatic carbocycles. The van der Waals surface area contributed by atoms with E-state index in [0.29, 0.717) is 15.9 Å². The molecular weight excluding hydrogens is 399 g/mol. The van der Waals surface area contributed by atoms with Crippen molar-refractivity contribution in [1.29, 1.82) is 0 Å². The van der Waals surface area contributed by atoms with Gasteiger partial charge in [-0.2, -0.15) is 23.3 Å². The topological polar surface area (TPSA) is 82.2 Å². The van der Waals surface area contributed by atoms with Crippen molar-refractivity contribution < 1.29 is 22.1 Å². The van der Waals surface area contributed by atoms with Crippen LogP contribution in [-0.4, -0.2) is 24.7 Å². The highest BCUT2D eigenvalue weighted by Crippen LogP contribution is 2.33. The van der Waals surface area contributed by atoms with E-state index in [1.54, 1.807) is 6.07 Å². The summed E-state index contributed by atoms with van der Waals surface area (Å²) >= 11 is 0. The molecule has 0 unspecified atom stereocenters. The number of halogens is 3. The summed E-state index contributed by atoms with van der Waals surface area (Å²) in [5.74, 6) is 0.510. The zero-order valence-corrected chi connectivity index (χ0v) is 15.4. The van der Waals surface area contributed by atoms with Gasteiger partial charge in [0.1, 0.15) is 5.69 Å². The average molecular weight is 411 g/mol. The molecule has 0 aliphatic rings. The Morgan fingerprint density at radius 3 is 2.47 bits per heavy atom. The predicted molar refractivity (Wildman–Crippen MR) is 99.2 cm³/mol. The van der Waals surface area contributed by atoms with E-state index < -0.39 is 11.9 Å². The summed E-state index contributed by atoms with van der Waals surface area (Å²) < 4.78 is 52.0. The fourth-order valence-corrected chi connectivity index (χ4v) is 2.98. The molecule has 0 amide bonds. The van der Waals surface area contributed by atoms with Gasteiger partial charge < -0.3 is 8.94 Å². The van der Waals surface area contributed by atoms with Crippen LogP contribution in [-0.2, 0) is 6.18 Å². The first-order chi connectivity index (χ1) is 14.4.